The lowest BCUT2D eigenvalue weighted by Crippen LogP contribution is -2.14. The van der Waals surface area contributed by atoms with Crippen LogP contribution in [-0.2, 0) is 11.3 Å². The van der Waals surface area contributed by atoms with E-state index in [4.69, 9.17) is 17.3 Å². The van der Waals surface area contributed by atoms with Gasteiger partial charge in [-0.3, -0.25) is 9.59 Å². The Hall–Kier alpha value is -2.37. The van der Waals surface area contributed by atoms with Gasteiger partial charge < -0.3 is 16.4 Å². The number of nitrogens with two attached hydrogens (primary N) is 1. The number of nitrogens with one attached hydrogen (secondary N) is 2. The Morgan fingerprint density at radius 3 is 2.58 bits per heavy atom. The van der Waals surface area contributed by atoms with Gasteiger partial charge in [-0.15, -0.1) is 0 Å². The Labute approximate surface area is 146 Å². The molecule has 4 N–H and O–H groups in total. The highest BCUT2D eigenvalue weighted by molar-refractivity contribution is 6.31. The number of rotatable bonds is 6. The third kappa shape index (κ3) is 5.08. The molecule has 0 aliphatic heterocycles. The van der Waals surface area contributed by atoms with Crippen LogP contribution in [0.1, 0.15) is 35.7 Å². The summed E-state index contributed by atoms with van der Waals surface area (Å²) in [6.45, 7) is 2.32. The molecule has 0 fully saturated rings. The van der Waals surface area contributed by atoms with Gasteiger partial charge in [-0.05, 0) is 42.3 Å². The van der Waals surface area contributed by atoms with Crippen LogP contribution in [0.25, 0.3) is 0 Å². The average molecular weight is 346 g/mol. The van der Waals surface area contributed by atoms with Crippen molar-refractivity contribution in [3.05, 3.63) is 58.6 Å². The fourth-order valence-electron chi connectivity index (χ4n) is 2.22. The van der Waals surface area contributed by atoms with Gasteiger partial charge in [0.15, 0.2) is 0 Å². The molecule has 24 heavy (non-hydrogen) atoms. The Morgan fingerprint density at radius 1 is 1.08 bits per heavy atom. The average Bonchev–Trinajstić information content (AvgIpc) is 2.54. The highest BCUT2D eigenvalue weighted by atomic mass is 35.5. The molecule has 2 amide bonds. The number of anilines is 2. The van der Waals surface area contributed by atoms with Crippen LogP contribution >= 0.6 is 11.6 Å². The fourth-order valence-corrected chi connectivity index (χ4v) is 2.46. The van der Waals surface area contributed by atoms with Crippen LogP contribution in [0.2, 0.25) is 5.02 Å². The normalized spacial score (nSPS) is 10.3. The van der Waals surface area contributed by atoms with Crippen molar-refractivity contribution < 1.29 is 9.59 Å². The Balaban J connectivity index is 2.16. The van der Waals surface area contributed by atoms with Gasteiger partial charge in [0.2, 0.25) is 5.91 Å². The molecule has 5 nitrogen and oxygen atoms in total. The lowest BCUT2D eigenvalue weighted by atomic mass is 10.1. The number of benzene rings is 2. The molecule has 0 heterocycles. The predicted octanol–water partition coefficient (Wildman–Crippen LogP) is 3.79. The predicted molar refractivity (Wildman–Crippen MR) is 97.3 cm³/mol. The van der Waals surface area contributed by atoms with Crippen LogP contribution in [0.5, 0.6) is 0 Å². The lowest BCUT2D eigenvalue weighted by molar-refractivity contribution is -0.116. The van der Waals surface area contributed by atoms with Crippen LogP contribution in [0.4, 0.5) is 11.4 Å². The molecule has 2 rings (SSSR count). The zero-order valence-electron chi connectivity index (χ0n) is 13.4. The molecule has 0 radical (unpaired) electrons. The van der Waals surface area contributed by atoms with E-state index in [2.05, 4.69) is 10.6 Å². The van der Waals surface area contributed by atoms with Crippen molar-refractivity contribution >= 4 is 34.8 Å². The maximum atomic E-state index is 12.4. The summed E-state index contributed by atoms with van der Waals surface area (Å²) in [5, 5.41) is 5.92. The van der Waals surface area contributed by atoms with Crippen molar-refractivity contribution in [3.8, 4) is 0 Å². The molecule has 0 saturated heterocycles. The first-order valence-corrected chi connectivity index (χ1v) is 8.10. The standard InChI is InChI=1S/C18H20ClN3O2/c1-2-4-17(23)21-16-9-13(8-14(19)10-16)18(24)22-15-6-3-5-12(7-15)11-20/h3,5-10H,2,4,11,20H2,1H3,(H,21,23)(H,22,24). The number of hydrogen-bond acceptors (Lipinski definition) is 3. The molecule has 0 spiro atoms. The summed E-state index contributed by atoms with van der Waals surface area (Å²) in [5.41, 5.74) is 8.05. The van der Waals surface area contributed by atoms with E-state index in [-0.39, 0.29) is 11.8 Å². The minimum Gasteiger partial charge on any atom is -0.326 e. The van der Waals surface area contributed by atoms with Gasteiger partial charge in [0.25, 0.3) is 5.91 Å². The van der Waals surface area contributed by atoms with Gasteiger partial charge in [-0.1, -0.05) is 30.7 Å². The number of carbonyl (C=O) groups is 2. The maximum absolute atomic E-state index is 12.4. The van der Waals surface area contributed by atoms with Crippen molar-refractivity contribution in [2.75, 3.05) is 10.6 Å². The van der Waals surface area contributed by atoms with E-state index in [1.165, 1.54) is 0 Å². The number of amides is 2. The molecule has 6 heteroatoms. The molecule has 0 aliphatic carbocycles. The van der Waals surface area contributed by atoms with Gasteiger partial charge >= 0.3 is 0 Å². The van der Waals surface area contributed by atoms with Crippen LogP contribution in [0, 0.1) is 0 Å². The molecule has 0 unspecified atom stereocenters. The van der Waals surface area contributed by atoms with Gasteiger partial charge in [-0.25, -0.2) is 0 Å². The maximum Gasteiger partial charge on any atom is 0.255 e. The molecule has 0 aliphatic rings. The van der Waals surface area contributed by atoms with Crippen molar-refractivity contribution in [1.29, 1.82) is 0 Å². The second-order valence-corrected chi connectivity index (χ2v) is 5.82. The lowest BCUT2D eigenvalue weighted by Gasteiger charge is -2.10. The first-order chi connectivity index (χ1) is 11.5. The summed E-state index contributed by atoms with van der Waals surface area (Å²) in [4.78, 5) is 24.1. The zero-order valence-corrected chi connectivity index (χ0v) is 14.2. The van der Waals surface area contributed by atoms with Gasteiger partial charge in [0, 0.05) is 34.9 Å². The molecule has 2 aromatic carbocycles. The number of carbonyl (C=O) groups excluding carboxylic acids is 2. The molecule has 0 saturated carbocycles. The van der Waals surface area contributed by atoms with E-state index in [0.717, 1.165) is 12.0 Å². The highest BCUT2D eigenvalue weighted by Gasteiger charge is 2.10. The second kappa shape index (κ2) is 8.47. The second-order valence-electron chi connectivity index (χ2n) is 5.39. The van der Waals surface area contributed by atoms with Crippen LogP contribution in [-0.4, -0.2) is 11.8 Å². The van der Waals surface area contributed by atoms with E-state index < -0.39 is 0 Å². The van der Waals surface area contributed by atoms with Crippen LogP contribution in [0.15, 0.2) is 42.5 Å². The Morgan fingerprint density at radius 2 is 1.88 bits per heavy atom. The molecule has 2 aromatic rings. The summed E-state index contributed by atoms with van der Waals surface area (Å²) in [6.07, 6.45) is 1.16. The van der Waals surface area contributed by atoms with E-state index in [0.29, 0.717) is 34.9 Å². The first-order valence-electron chi connectivity index (χ1n) is 7.72. The summed E-state index contributed by atoms with van der Waals surface area (Å²) < 4.78 is 0. The number of hydrogen-bond donors (Lipinski definition) is 3. The third-order valence-electron chi connectivity index (χ3n) is 3.34. The summed E-state index contributed by atoms with van der Waals surface area (Å²) in [5.74, 6) is -0.417. The Bertz CT molecular complexity index is 747. The molecule has 126 valence electrons. The van der Waals surface area contributed by atoms with Crippen LogP contribution in [0.3, 0.4) is 0 Å². The highest BCUT2D eigenvalue weighted by Crippen LogP contribution is 2.21. The molecule has 0 atom stereocenters. The molecule has 0 bridgehead atoms. The van der Waals surface area contributed by atoms with E-state index in [1.54, 1.807) is 24.3 Å². The minimum atomic E-state index is -0.308. The molecular formula is C18H20ClN3O2. The topological polar surface area (TPSA) is 84.2 Å². The largest absolute Gasteiger partial charge is 0.326 e. The third-order valence-corrected chi connectivity index (χ3v) is 3.56. The monoisotopic (exact) mass is 345 g/mol. The smallest absolute Gasteiger partial charge is 0.255 e. The number of halogens is 1. The van der Waals surface area contributed by atoms with E-state index >= 15 is 0 Å². The van der Waals surface area contributed by atoms with Gasteiger partial charge in [0.1, 0.15) is 0 Å². The van der Waals surface area contributed by atoms with Crippen molar-refractivity contribution in [3.63, 3.8) is 0 Å². The minimum absolute atomic E-state index is 0.109. The SMILES string of the molecule is CCCC(=O)Nc1cc(Cl)cc(C(=O)Nc2cccc(CN)c2)c1. The van der Waals surface area contributed by atoms with Crippen molar-refractivity contribution in [2.45, 2.75) is 26.3 Å². The molecule has 0 aromatic heterocycles. The van der Waals surface area contributed by atoms with Crippen molar-refractivity contribution in [2.24, 2.45) is 5.73 Å². The summed E-state index contributed by atoms with van der Waals surface area (Å²) >= 11 is 6.06. The molecular weight excluding hydrogens is 326 g/mol. The summed E-state index contributed by atoms with van der Waals surface area (Å²) in [6, 6.07) is 12.1. The first kappa shape index (κ1) is 18.0. The van der Waals surface area contributed by atoms with Crippen LogP contribution < -0.4 is 16.4 Å². The fraction of sp³-hybridized carbons (Fsp3) is 0.222. The van der Waals surface area contributed by atoms with Gasteiger partial charge in [-0.2, -0.15) is 0 Å². The van der Waals surface area contributed by atoms with E-state index in [1.807, 2.05) is 25.1 Å². The van der Waals surface area contributed by atoms with Crippen molar-refractivity contribution in [1.82, 2.24) is 0 Å². The Kier molecular flexibility index (Phi) is 6.35. The zero-order chi connectivity index (χ0) is 17.5. The quantitative estimate of drug-likeness (QED) is 0.744. The van der Waals surface area contributed by atoms with Gasteiger partial charge in [0.05, 0.1) is 0 Å². The van der Waals surface area contributed by atoms with E-state index in [9.17, 15) is 9.59 Å². The summed E-state index contributed by atoms with van der Waals surface area (Å²) in [7, 11) is 0.